The monoisotopic (exact) mass is 491 g/mol. The third-order valence-corrected chi connectivity index (χ3v) is 6.92. The maximum Gasteiger partial charge on any atom is 0.283 e. The van der Waals surface area contributed by atoms with Crippen molar-refractivity contribution in [1.82, 2.24) is 19.3 Å². The van der Waals surface area contributed by atoms with Crippen molar-refractivity contribution in [2.75, 3.05) is 17.6 Å². The van der Waals surface area contributed by atoms with E-state index in [4.69, 9.17) is 11.6 Å². The molecule has 3 aromatic rings. The van der Waals surface area contributed by atoms with Crippen LogP contribution in [0.1, 0.15) is 61.4 Å². The van der Waals surface area contributed by atoms with E-state index in [1.807, 2.05) is 36.6 Å². The molecule has 0 radical (unpaired) electrons. The minimum absolute atomic E-state index is 0.0212. The second kappa shape index (κ2) is 11.0. The summed E-state index contributed by atoms with van der Waals surface area (Å²) in [7, 11) is -3.71. The van der Waals surface area contributed by atoms with E-state index in [1.54, 1.807) is 6.07 Å². The summed E-state index contributed by atoms with van der Waals surface area (Å²) in [5.74, 6) is -0.123. The van der Waals surface area contributed by atoms with Crippen molar-refractivity contribution < 1.29 is 13.2 Å². The molecular formula is C23H30ClN5O3S. The quantitative estimate of drug-likeness (QED) is 0.382. The van der Waals surface area contributed by atoms with E-state index in [9.17, 15) is 13.2 Å². The first-order chi connectivity index (χ1) is 15.7. The molecule has 0 aliphatic rings. The number of benzene rings is 1. The van der Waals surface area contributed by atoms with Crippen molar-refractivity contribution in [3.05, 3.63) is 52.4 Å². The molecule has 0 aliphatic heterocycles. The van der Waals surface area contributed by atoms with Crippen molar-refractivity contribution in [3.63, 3.8) is 0 Å². The number of pyridine rings is 1. The normalized spacial score (nSPS) is 11.6. The van der Waals surface area contributed by atoms with E-state index in [0.717, 1.165) is 37.1 Å². The third-order valence-electron chi connectivity index (χ3n) is 5.24. The molecule has 0 bridgehead atoms. The average Bonchev–Trinajstić information content (AvgIpc) is 3.08. The van der Waals surface area contributed by atoms with Crippen LogP contribution in [0, 0.1) is 6.92 Å². The molecule has 178 valence electrons. The summed E-state index contributed by atoms with van der Waals surface area (Å²) in [6.45, 7) is 7.22. The Kier molecular flexibility index (Phi) is 8.31. The van der Waals surface area contributed by atoms with Crippen molar-refractivity contribution in [2.24, 2.45) is 0 Å². The molecule has 1 aromatic carbocycles. The second-order valence-corrected chi connectivity index (χ2v) is 10.2. The standard InChI is InChI=1S/C23H30ClN5O3S/c1-4-6-7-13-33(31,32)28-23(30)21-11-10-20-22(27-21)29(16(3)26-20)15-17-8-9-18(14-19(17)24)25-12-5-2/h8-11,14,25H,4-7,12-13,15H2,1-3H3,(H,28,30). The highest BCUT2D eigenvalue weighted by Gasteiger charge is 2.19. The second-order valence-electron chi connectivity index (χ2n) is 7.97. The zero-order valence-corrected chi connectivity index (χ0v) is 20.8. The molecule has 0 atom stereocenters. The number of nitrogens with one attached hydrogen (secondary N) is 2. The van der Waals surface area contributed by atoms with Crippen molar-refractivity contribution >= 4 is 44.4 Å². The number of sulfonamides is 1. The Balaban J connectivity index is 1.84. The molecule has 10 heteroatoms. The van der Waals surface area contributed by atoms with E-state index < -0.39 is 15.9 Å². The largest absolute Gasteiger partial charge is 0.385 e. The Morgan fingerprint density at radius 3 is 2.58 bits per heavy atom. The number of carbonyl (C=O) groups is 1. The lowest BCUT2D eigenvalue weighted by molar-refractivity contribution is 0.0977. The Bertz CT molecular complexity index is 1240. The van der Waals surface area contributed by atoms with Crippen LogP contribution in [-0.2, 0) is 16.6 Å². The van der Waals surface area contributed by atoms with Gasteiger partial charge in [-0.25, -0.2) is 23.1 Å². The lowest BCUT2D eigenvalue weighted by Gasteiger charge is -2.11. The molecule has 0 saturated heterocycles. The summed E-state index contributed by atoms with van der Waals surface area (Å²) in [6.07, 6.45) is 3.20. The molecule has 0 saturated carbocycles. The number of imidazole rings is 1. The van der Waals surface area contributed by atoms with Crippen molar-refractivity contribution in [2.45, 2.75) is 53.0 Å². The molecule has 2 N–H and O–H groups in total. The van der Waals surface area contributed by atoms with Crippen LogP contribution in [0.15, 0.2) is 30.3 Å². The van der Waals surface area contributed by atoms with Gasteiger partial charge in [-0.15, -0.1) is 0 Å². The van der Waals surface area contributed by atoms with E-state index in [-0.39, 0.29) is 11.4 Å². The van der Waals surface area contributed by atoms with Gasteiger partial charge in [0.15, 0.2) is 5.65 Å². The van der Waals surface area contributed by atoms with Gasteiger partial charge < -0.3 is 9.88 Å². The van der Waals surface area contributed by atoms with Gasteiger partial charge in [-0.05, 0) is 49.6 Å². The Morgan fingerprint density at radius 2 is 1.88 bits per heavy atom. The molecule has 2 heterocycles. The summed E-state index contributed by atoms with van der Waals surface area (Å²) in [6, 6.07) is 8.96. The molecule has 3 rings (SSSR count). The summed E-state index contributed by atoms with van der Waals surface area (Å²) in [5.41, 5.74) is 2.97. The van der Waals surface area contributed by atoms with E-state index >= 15 is 0 Å². The van der Waals surface area contributed by atoms with Crippen LogP contribution in [0.3, 0.4) is 0 Å². The molecule has 0 fully saturated rings. The molecular weight excluding hydrogens is 462 g/mol. The minimum atomic E-state index is -3.71. The van der Waals surface area contributed by atoms with Crippen molar-refractivity contribution in [1.29, 1.82) is 0 Å². The van der Waals surface area contributed by atoms with Gasteiger partial charge in [0.05, 0.1) is 12.3 Å². The number of halogens is 1. The summed E-state index contributed by atoms with van der Waals surface area (Å²) in [5, 5.41) is 3.92. The Hall–Kier alpha value is -2.65. The topological polar surface area (TPSA) is 106 Å². The number of aryl methyl sites for hydroxylation is 1. The number of fused-ring (bicyclic) bond motifs is 1. The Labute approximate surface area is 199 Å². The average molecular weight is 492 g/mol. The van der Waals surface area contributed by atoms with Gasteiger partial charge in [-0.2, -0.15) is 0 Å². The molecule has 2 aromatic heterocycles. The molecule has 0 spiro atoms. The van der Waals surface area contributed by atoms with E-state index in [0.29, 0.717) is 35.0 Å². The van der Waals surface area contributed by atoms with Crippen LogP contribution >= 0.6 is 11.6 Å². The van der Waals surface area contributed by atoms with Crippen LogP contribution < -0.4 is 10.0 Å². The summed E-state index contributed by atoms with van der Waals surface area (Å²) >= 11 is 6.51. The van der Waals surface area contributed by atoms with Crippen LogP contribution in [0.2, 0.25) is 5.02 Å². The smallest absolute Gasteiger partial charge is 0.283 e. The number of unbranched alkanes of at least 4 members (excludes halogenated alkanes) is 2. The summed E-state index contributed by atoms with van der Waals surface area (Å²) < 4.78 is 28.4. The van der Waals surface area contributed by atoms with Gasteiger partial charge >= 0.3 is 0 Å². The Morgan fingerprint density at radius 1 is 1.09 bits per heavy atom. The zero-order chi connectivity index (χ0) is 24.0. The maximum absolute atomic E-state index is 12.6. The minimum Gasteiger partial charge on any atom is -0.385 e. The number of anilines is 1. The molecule has 1 amide bonds. The summed E-state index contributed by atoms with van der Waals surface area (Å²) in [4.78, 5) is 21.5. The molecule has 33 heavy (non-hydrogen) atoms. The van der Waals surface area contributed by atoms with Gasteiger partial charge in [0, 0.05) is 17.3 Å². The van der Waals surface area contributed by atoms with Crippen LogP contribution in [0.5, 0.6) is 0 Å². The lowest BCUT2D eigenvalue weighted by atomic mass is 10.2. The van der Waals surface area contributed by atoms with Gasteiger partial charge in [0.1, 0.15) is 17.0 Å². The number of hydrogen-bond acceptors (Lipinski definition) is 6. The lowest BCUT2D eigenvalue weighted by Crippen LogP contribution is -2.33. The zero-order valence-electron chi connectivity index (χ0n) is 19.2. The van der Waals surface area contributed by atoms with Crippen LogP contribution in [-0.4, -0.2) is 41.2 Å². The number of hydrogen-bond donors (Lipinski definition) is 2. The van der Waals surface area contributed by atoms with Gasteiger partial charge in [0.2, 0.25) is 10.0 Å². The highest BCUT2D eigenvalue weighted by Crippen LogP contribution is 2.24. The van der Waals surface area contributed by atoms with Crippen molar-refractivity contribution in [3.8, 4) is 0 Å². The third kappa shape index (κ3) is 6.45. The van der Waals surface area contributed by atoms with Gasteiger partial charge in [-0.1, -0.05) is 44.4 Å². The number of aromatic nitrogens is 3. The van der Waals surface area contributed by atoms with Gasteiger partial charge in [-0.3, -0.25) is 4.79 Å². The van der Waals surface area contributed by atoms with Gasteiger partial charge in [0.25, 0.3) is 5.91 Å². The first kappa shape index (κ1) is 25.0. The molecule has 0 aliphatic carbocycles. The predicted octanol–water partition coefficient (Wildman–Crippen LogP) is 4.51. The van der Waals surface area contributed by atoms with E-state index in [2.05, 4.69) is 26.9 Å². The molecule has 8 nitrogen and oxygen atoms in total. The number of carbonyl (C=O) groups excluding carboxylic acids is 1. The predicted molar refractivity (Wildman–Crippen MR) is 132 cm³/mol. The SMILES string of the molecule is CCCCCS(=O)(=O)NC(=O)c1ccc2nc(C)n(Cc3ccc(NCCC)cc3Cl)c2n1. The number of nitrogens with zero attached hydrogens (tertiary/aromatic N) is 3. The fourth-order valence-electron chi connectivity index (χ4n) is 3.44. The fraction of sp³-hybridized carbons (Fsp3) is 0.435. The van der Waals surface area contributed by atoms with Crippen LogP contribution in [0.4, 0.5) is 5.69 Å². The molecule has 0 unspecified atom stereocenters. The first-order valence-corrected chi connectivity index (χ1v) is 13.2. The number of amides is 1. The van der Waals surface area contributed by atoms with Crippen LogP contribution in [0.25, 0.3) is 11.2 Å². The highest BCUT2D eigenvalue weighted by molar-refractivity contribution is 7.90. The highest BCUT2D eigenvalue weighted by atomic mass is 35.5. The maximum atomic E-state index is 12.6. The fourth-order valence-corrected chi connectivity index (χ4v) is 4.76. The number of rotatable bonds is 11. The van der Waals surface area contributed by atoms with E-state index in [1.165, 1.54) is 6.07 Å². The first-order valence-electron chi connectivity index (χ1n) is 11.1.